The first-order valence-electron chi connectivity index (χ1n) is 5.81. The molecule has 0 spiro atoms. The van der Waals surface area contributed by atoms with E-state index in [9.17, 15) is 0 Å². The Morgan fingerprint density at radius 2 is 2.39 bits per heavy atom. The van der Waals surface area contributed by atoms with Crippen LogP contribution in [0.4, 0.5) is 0 Å². The van der Waals surface area contributed by atoms with Crippen LogP contribution in [-0.2, 0) is 13.6 Å². The molecular weight excluding hydrogens is 248 g/mol. The fourth-order valence-electron chi connectivity index (χ4n) is 1.44. The van der Waals surface area contributed by atoms with Gasteiger partial charge in [-0.3, -0.25) is 4.98 Å². The third kappa shape index (κ3) is 4.08. The highest BCUT2D eigenvalue weighted by Crippen LogP contribution is 2.12. The number of hydrogen-bond acceptors (Lipinski definition) is 6. The highest BCUT2D eigenvalue weighted by atomic mass is 32.2. The minimum atomic E-state index is 0.863. The summed E-state index contributed by atoms with van der Waals surface area (Å²) in [5, 5.41) is 15.5. The summed E-state index contributed by atoms with van der Waals surface area (Å²) in [5.41, 5.74) is 1.21. The molecule has 2 aromatic heterocycles. The maximum atomic E-state index is 4.07. The topological polar surface area (TPSA) is 68.5 Å². The quantitative estimate of drug-likeness (QED) is 0.591. The molecule has 0 saturated heterocycles. The van der Waals surface area contributed by atoms with Crippen molar-refractivity contribution in [1.82, 2.24) is 30.5 Å². The molecule has 96 valence electrons. The summed E-state index contributed by atoms with van der Waals surface area (Å²) in [6.07, 6.45) is 4.75. The monoisotopic (exact) mass is 264 g/mol. The van der Waals surface area contributed by atoms with Crippen LogP contribution in [0.1, 0.15) is 12.0 Å². The number of pyridine rings is 1. The molecule has 7 heteroatoms. The van der Waals surface area contributed by atoms with Gasteiger partial charge in [-0.1, -0.05) is 17.8 Å². The largest absolute Gasteiger partial charge is 0.313 e. The first-order valence-corrected chi connectivity index (χ1v) is 6.79. The minimum absolute atomic E-state index is 0.863. The zero-order valence-corrected chi connectivity index (χ0v) is 11.1. The Morgan fingerprint density at radius 3 is 3.11 bits per heavy atom. The van der Waals surface area contributed by atoms with Crippen molar-refractivity contribution in [1.29, 1.82) is 0 Å². The van der Waals surface area contributed by atoms with Gasteiger partial charge in [0.25, 0.3) is 0 Å². The number of rotatable bonds is 7. The molecule has 18 heavy (non-hydrogen) atoms. The van der Waals surface area contributed by atoms with Crippen molar-refractivity contribution in [3.05, 3.63) is 30.1 Å². The maximum Gasteiger partial charge on any atom is 0.209 e. The van der Waals surface area contributed by atoms with E-state index in [1.165, 1.54) is 5.56 Å². The standard InChI is InChI=1S/C11H16N6S/c1-17-11(14-15-16-17)18-7-3-6-13-9-10-4-2-5-12-8-10/h2,4-5,8,13H,3,6-7,9H2,1H3. The van der Waals surface area contributed by atoms with E-state index in [4.69, 9.17) is 0 Å². The summed E-state index contributed by atoms with van der Waals surface area (Å²) in [7, 11) is 1.85. The van der Waals surface area contributed by atoms with Gasteiger partial charge in [-0.15, -0.1) is 5.10 Å². The first-order chi connectivity index (χ1) is 8.86. The predicted octanol–water partition coefficient (Wildman–Crippen LogP) is 0.877. The van der Waals surface area contributed by atoms with Crippen molar-refractivity contribution in [2.75, 3.05) is 12.3 Å². The van der Waals surface area contributed by atoms with E-state index in [1.54, 1.807) is 22.6 Å². The minimum Gasteiger partial charge on any atom is -0.313 e. The second-order valence-electron chi connectivity index (χ2n) is 3.83. The van der Waals surface area contributed by atoms with Gasteiger partial charge in [0.1, 0.15) is 0 Å². The second-order valence-corrected chi connectivity index (χ2v) is 4.89. The number of hydrogen-bond donors (Lipinski definition) is 1. The summed E-state index contributed by atoms with van der Waals surface area (Å²) in [6, 6.07) is 4.02. The Morgan fingerprint density at radius 1 is 1.44 bits per heavy atom. The number of tetrazole rings is 1. The lowest BCUT2D eigenvalue weighted by Gasteiger charge is -2.03. The normalized spacial score (nSPS) is 10.7. The third-order valence-electron chi connectivity index (χ3n) is 2.36. The van der Waals surface area contributed by atoms with Gasteiger partial charge in [-0.05, 0) is 35.0 Å². The molecule has 0 aliphatic carbocycles. The molecule has 0 amide bonds. The van der Waals surface area contributed by atoms with Crippen LogP contribution in [0.25, 0.3) is 0 Å². The van der Waals surface area contributed by atoms with E-state index in [1.807, 2.05) is 19.3 Å². The Kier molecular flexibility index (Phi) is 5.10. The summed E-state index contributed by atoms with van der Waals surface area (Å²) < 4.78 is 1.69. The van der Waals surface area contributed by atoms with E-state index in [2.05, 4.69) is 31.9 Å². The van der Waals surface area contributed by atoms with Gasteiger partial charge in [-0.2, -0.15) is 0 Å². The molecule has 2 heterocycles. The number of aromatic nitrogens is 5. The average Bonchev–Trinajstić information content (AvgIpc) is 2.81. The van der Waals surface area contributed by atoms with Crippen molar-refractivity contribution in [3.63, 3.8) is 0 Å². The van der Waals surface area contributed by atoms with Crippen molar-refractivity contribution in [2.24, 2.45) is 7.05 Å². The molecule has 0 aromatic carbocycles. The molecule has 2 aromatic rings. The van der Waals surface area contributed by atoms with Gasteiger partial charge in [0, 0.05) is 31.7 Å². The summed E-state index contributed by atoms with van der Waals surface area (Å²) in [4.78, 5) is 4.07. The van der Waals surface area contributed by atoms with Crippen LogP contribution < -0.4 is 5.32 Å². The molecule has 6 nitrogen and oxygen atoms in total. The first kappa shape index (κ1) is 13.0. The molecular formula is C11H16N6S. The number of thioether (sulfide) groups is 1. The fraction of sp³-hybridized carbons (Fsp3) is 0.455. The highest BCUT2D eigenvalue weighted by Gasteiger charge is 2.01. The Balaban J connectivity index is 1.56. The molecule has 0 bridgehead atoms. The van der Waals surface area contributed by atoms with Gasteiger partial charge in [-0.25, -0.2) is 4.68 Å². The summed E-state index contributed by atoms with van der Waals surface area (Å²) in [5.74, 6) is 1.01. The van der Waals surface area contributed by atoms with Crippen molar-refractivity contribution in [2.45, 2.75) is 18.1 Å². The molecule has 0 aliphatic rings. The van der Waals surface area contributed by atoms with Crippen LogP contribution in [0.5, 0.6) is 0 Å². The maximum absolute atomic E-state index is 4.07. The van der Waals surface area contributed by atoms with E-state index in [0.29, 0.717) is 0 Å². The number of nitrogens with zero attached hydrogens (tertiary/aromatic N) is 5. The molecule has 0 unspecified atom stereocenters. The Labute approximate surface area is 110 Å². The molecule has 0 radical (unpaired) electrons. The molecule has 2 rings (SSSR count). The van der Waals surface area contributed by atoms with Crippen molar-refractivity contribution >= 4 is 11.8 Å². The zero-order valence-electron chi connectivity index (χ0n) is 10.3. The van der Waals surface area contributed by atoms with E-state index in [-0.39, 0.29) is 0 Å². The van der Waals surface area contributed by atoms with E-state index >= 15 is 0 Å². The predicted molar refractivity (Wildman–Crippen MR) is 70.1 cm³/mol. The van der Waals surface area contributed by atoms with Crippen LogP contribution in [0.3, 0.4) is 0 Å². The summed E-state index contributed by atoms with van der Waals surface area (Å²) >= 11 is 1.67. The van der Waals surface area contributed by atoms with Crippen LogP contribution in [0, 0.1) is 0 Å². The van der Waals surface area contributed by atoms with Crippen molar-refractivity contribution < 1.29 is 0 Å². The van der Waals surface area contributed by atoms with Crippen molar-refractivity contribution in [3.8, 4) is 0 Å². The average molecular weight is 264 g/mol. The van der Waals surface area contributed by atoms with E-state index in [0.717, 1.165) is 30.4 Å². The Hall–Kier alpha value is -1.47. The second kappa shape index (κ2) is 7.07. The molecule has 0 aliphatic heterocycles. The third-order valence-corrected chi connectivity index (χ3v) is 3.46. The molecule has 0 saturated carbocycles. The zero-order chi connectivity index (χ0) is 12.6. The smallest absolute Gasteiger partial charge is 0.209 e. The van der Waals surface area contributed by atoms with Gasteiger partial charge in [0.15, 0.2) is 0 Å². The molecule has 0 atom stereocenters. The molecule has 1 N–H and O–H groups in total. The highest BCUT2D eigenvalue weighted by molar-refractivity contribution is 7.99. The lowest BCUT2D eigenvalue weighted by Crippen LogP contribution is -2.15. The Bertz CT molecular complexity index is 458. The van der Waals surface area contributed by atoms with Gasteiger partial charge in [0.2, 0.25) is 5.16 Å². The van der Waals surface area contributed by atoms with E-state index < -0.39 is 0 Å². The van der Waals surface area contributed by atoms with Gasteiger partial charge < -0.3 is 5.32 Å². The lowest BCUT2D eigenvalue weighted by atomic mass is 10.3. The van der Waals surface area contributed by atoms with Gasteiger partial charge >= 0.3 is 0 Å². The van der Waals surface area contributed by atoms with Crippen LogP contribution in [0.2, 0.25) is 0 Å². The van der Waals surface area contributed by atoms with Crippen LogP contribution in [-0.4, -0.2) is 37.5 Å². The number of aryl methyl sites for hydroxylation is 1. The lowest BCUT2D eigenvalue weighted by molar-refractivity contribution is 0.660. The SMILES string of the molecule is Cn1nnnc1SCCCNCc1cccnc1. The summed E-state index contributed by atoms with van der Waals surface area (Å²) in [6.45, 7) is 1.84. The molecule has 0 fully saturated rings. The van der Waals surface area contributed by atoms with Crippen LogP contribution in [0.15, 0.2) is 29.7 Å². The van der Waals surface area contributed by atoms with Crippen LogP contribution >= 0.6 is 11.8 Å². The fourth-order valence-corrected chi connectivity index (χ4v) is 2.23. The van der Waals surface area contributed by atoms with Gasteiger partial charge in [0.05, 0.1) is 0 Å². The number of nitrogens with one attached hydrogen (secondary N) is 1.